The number of amides is 1. The van der Waals surface area contributed by atoms with Gasteiger partial charge in [-0.3, -0.25) is 4.79 Å². The number of likely N-dealkylation sites (N-methyl/N-ethyl adjacent to an activating group) is 1. The number of ether oxygens (including phenoxy) is 1. The van der Waals surface area contributed by atoms with Gasteiger partial charge in [0.1, 0.15) is 11.9 Å². The summed E-state index contributed by atoms with van der Waals surface area (Å²) in [5.74, 6) is -0.604. The molecule has 0 radical (unpaired) electrons. The molecule has 2 aromatic carbocycles. The van der Waals surface area contributed by atoms with Gasteiger partial charge >= 0.3 is 10.3 Å². The lowest BCUT2D eigenvalue weighted by Crippen LogP contribution is -2.34. The molecule has 1 aliphatic rings. The number of nitrogens with one attached hydrogen (secondary N) is 1. The van der Waals surface area contributed by atoms with Crippen molar-refractivity contribution in [1.29, 1.82) is 0 Å². The lowest BCUT2D eigenvalue weighted by Gasteiger charge is -2.20. The van der Waals surface area contributed by atoms with Crippen LogP contribution in [0.1, 0.15) is 24.2 Å². The molecule has 0 aliphatic carbocycles. The molecule has 1 N–H and O–H groups in total. The fourth-order valence-corrected chi connectivity index (χ4v) is 3.29. The highest BCUT2D eigenvalue weighted by molar-refractivity contribution is 7.85. The smallest absolute Gasteiger partial charge is 0.371 e. The first kappa shape index (κ1) is 22.6. The second-order valence-corrected chi connectivity index (χ2v) is 7.91. The maximum absolute atomic E-state index is 10.5. The molecule has 0 aromatic heterocycles. The molecule has 0 fully saturated rings. The van der Waals surface area contributed by atoms with Crippen LogP contribution >= 0.6 is 0 Å². The number of hydrogen-bond donors (Lipinski definition) is 1. The van der Waals surface area contributed by atoms with Gasteiger partial charge in [-0.05, 0) is 32.1 Å². The van der Waals surface area contributed by atoms with Gasteiger partial charge in [-0.1, -0.05) is 60.7 Å². The fraction of sp³-hybridized carbons (Fsp3) is 0.286. The summed E-state index contributed by atoms with van der Waals surface area (Å²) in [7, 11) is 0.269. The van der Waals surface area contributed by atoms with Crippen LogP contribution in [0.2, 0.25) is 0 Å². The Hall–Kier alpha value is -2.68. The molecule has 0 atom stereocenters. The maximum atomic E-state index is 10.5. The minimum absolute atomic E-state index is 0.0161. The molecule has 0 unspecified atom stereocenters. The average molecular weight is 419 g/mol. The lowest BCUT2D eigenvalue weighted by molar-refractivity contribution is -0.115. The number of carbonyl (C=O) groups excluding carboxylic acids is 1. The Morgan fingerprint density at radius 2 is 1.52 bits per heavy atom. The van der Waals surface area contributed by atoms with E-state index in [4.69, 9.17) is 4.74 Å². The van der Waals surface area contributed by atoms with Crippen molar-refractivity contribution in [3.8, 4) is 0 Å². The first-order chi connectivity index (χ1) is 13.8. The molecule has 2 aromatic rings. The molecule has 1 heterocycles. The van der Waals surface area contributed by atoms with Crippen molar-refractivity contribution in [2.24, 2.45) is 0 Å². The highest BCUT2D eigenvalue weighted by Crippen LogP contribution is 2.25. The molecule has 7 nitrogen and oxygen atoms in total. The van der Waals surface area contributed by atoms with Crippen LogP contribution in [-0.2, 0) is 24.0 Å². The summed E-state index contributed by atoms with van der Waals surface area (Å²) in [5, 5.41) is 0. The number of benzene rings is 2. The van der Waals surface area contributed by atoms with Crippen molar-refractivity contribution in [1.82, 2.24) is 9.62 Å². The third-order valence-electron chi connectivity index (χ3n) is 3.83. The third-order valence-corrected chi connectivity index (χ3v) is 4.76. The largest absolute Gasteiger partial charge is 0.409 e. The Kier molecular flexibility index (Phi) is 8.38. The van der Waals surface area contributed by atoms with Crippen molar-refractivity contribution in [3.05, 3.63) is 83.6 Å². The number of hydrogen-bond acceptors (Lipinski definition) is 6. The third kappa shape index (κ3) is 8.06. The van der Waals surface area contributed by atoms with Crippen molar-refractivity contribution >= 4 is 16.2 Å². The molecule has 29 heavy (non-hydrogen) atoms. The molecule has 8 heteroatoms. The summed E-state index contributed by atoms with van der Waals surface area (Å²) in [6.45, 7) is 3.04. The summed E-state index contributed by atoms with van der Waals surface area (Å²) < 4.78 is 32.9. The topological polar surface area (TPSA) is 84.9 Å². The Bertz CT molecular complexity index is 873. The van der Waals surface area contributed by atoms with Gasteiger partial charge in [-0.25, -0.2) is 4.72 Å². The van der Waals surface area contributed by atoms with Gasteiger partial charge in [0.05, 0.1) is 6.61 Å². The number of rotatable bonds is 6. The number of carbonyl (C=O) groups is 1. The molecular weight excluding hydrogens is 392 g/mol. The number of allylic oxidation sites excluding steroid dienone is 1. The zero-order valence-corrected chi connectivity index (χ0v) is 17.6. The van der Waals surface area contributed by atoms with Gasteiger partial charge < -0.3 is 13.8 Å². The summed E-state index contributed by atoms with van der Waals surface area (Å²) in [5.41, 5.74) is 2.40. The van der Waals surface area contributed by atoms with E-state index in [-0.39, 0.29) is 11.9 Å². The second kappa shape index (κ2) is 10.8. The first-order valence-electron chi connectivity index (χ1n) is 9.07. The van der Waals surface area contributed by atoms with E-state index in [1.54, 1.807) is 4.72 Å². The van der Waals surface area contributed by atoms with Crippen LogP contribution in [0.25, 0.3) is 0 Å². The SMILES string of the molecule is CC1=CC(=O)NS(=O)(=O)O1.CN(C)CCOC(c1ccccc1)c1ccccc1. The molecule has 1 amide bonds. The van der Waals surface area contributed by atoms with Crippen molar-refractivity contribution in [3.63, 3.8) is 0 Å². The zero-order valence-electron chi connectivity index (χ0n) is 16.7. The Morgan fingerprint density at radius 1 is 1.00 bits per heavy atom. The molecule has 0 saturated carbocycles. The molecule has 0 spiro atoms. The summed E-state index contributed by atoms with van der Waals surface area (Å²) >= 11 is 0. The van der Waals surface area contributed by atoms with Crippen LogP contribution in [0.3, 0.4) is 0 Å². The lowest BCUT2D eigenvalue weighted by atomic mass is 10.0. The van der Waals surface area contributed by atoms with E-state index >= 15 is 0 Å². The highest BCUT2D eigenvalue weighted by Gasteiger charge is 2.20. The molecule has 0 saturated heterocycles. The average Bonchev–Trinajstić information content (AvgIpc) is 2.65. The van der Waals surface area contributed by atoms with Crippen molar-refractivity contribution in [2.75, 3.05) is 27.2 Å². The van der Waals surface area contributed by atoms with E-state index in [0.717, 1.165) is 19.2 Å². The van der Waals surface area contributed by atoms with E-state index in [2.05, 4.69) is 71.7 Å². The van der Waals surface area contributed by atoms with Gasteiger partial charge in [0.15, 0.2) is 0 Å². The van der Waals surface area contributed by atoms with Crippen LogP contribution in [0.5, 0.6) is 0 Å². The predicted molar refractivity (Wildman–Crippen MR) is 111 cm³/mol. The normalized spacial score (nSPS) is 15.1. The highest BCUT2D eigenvalue weighted by atomic mass is 32.2. The van der Waals surface area contributed by atoms with E-state index < -0.39 is 16.2 Å². The van der Waals surface area contributed by atoms with E-state index in [0.29, 0.717) is 0 Å². The summed E-state index contributed by atoms with van der Waals surface area (Å²) in [6.07, 6.45) is 1.07. The summed E-state index contributed by atoms with van der Waals surface area (Å²) in [6, 6.07) is 20.8. The van der Waals surface area contributed by atoms with Crippen molar-refractivity contribution in [2.45, 2.75) is 13.0 Å². The maximum Gasteiger partial charge on any atom is 0.409 e. The zero-order chi connectivity index (χ0) is 21.3. The molecule has 0 bridgehead atoms. The van der Waals surface area contributed by atoms with E-state index in [1.165, 1.54) is 18.1 Å². The summed E-state index contributed by atoms with van der Waals surface area (Å²) in [4.78, 5) is 12.6. The first-order valence-corrected chi connectivity index (χ1v) is 10.5. The fourth-order valence-electron chi connectivity index (χ4n) is 2.55. The second-order valence-electron chi connectivity index (χ2n) is 6.63. The Morgan fingerprint density at radius 3 is 1.93 bits per heavy atom. The van der Waals surface area contributed by atoms with E-state index in [9.17, 15) is 13.2 Å². The van der Waals surface area contributed by atoms with Crippen LogP contribution in [0.15, 0.2) is 72.5 Å². The van der Waals surface area contributed by atoms with Crippen LogP contribution in [0, 0.1) is 0 Å². The molecule has 1 aliphatic heterocycles. The van der Waals surface area contributed by atoms with Crippen LogP contribution < -0.4 is 4.72 Å². The van der Waals surface area contributed by atoms with Gasteiger partial charge in [0.2, 0.25) is 0 Å². The minimum Gasteiger partial charge on any atom is -0.371 e. The van der Waals surface area contributed by atoms with Gasteiger partial charge in [-0.2, -0.15) is 8.42 Å². The Balaban J connectivity index is 0.000000253. The van der Waals surface area contributed by atoms with Crippen LogP contribution in [0.4, 0.5) is 0 Å². The van der Waals surface area contributed by atoms with Gasteiger partial charge in [0.25, 0.3) is 5.91 Å². The Labute approximate surface area is 172 Å². The van der Waals surface area contributed by atoms with Crippen molar-refractivity contribution < 1.29 is 22.1 Å². The van der Waals surface area contributed by atoms with Crippen LogP contribution in [-0.4, -0.2) is 46.5 Å². The van der Waals surface area contributed by atoms with Gasteiger partial charge in [-0.15, -0.1) is 0 Å². The molecular formula is C21H26N2O5S. The molecule has 3 rings (SSSR count). The standard InChI is InChI=1S/C17H21NO.C4H5NO4S/c1-18(2)13-14-19-17(15-9-5-3-6-10-15)16-11-7-4-8-12-16;1-3-2-4(6)5-10(7,8)9-3/h3-12,17H,13-14H2,1-2H3;2H,1H3,(H,5,6). The quantitative estimate of drug-likeness (QED) is 0.776. The predicted octanol–water partition coefficient (Wildman–Crippen LogP) is 2.64. The van der Waals surface area contributed by atoms with E-state index in [1.807, 2.05) is 12.1 Å². The number of nitrogens with zero attached hydrogens (tertiary/aromatic N) is 1. The monoisotopic (exact) mass is 418 g/mol. The van der Waals surface area contributed by atoms with Gasteiger partial charge in [0, 0.05) is 12.6 Å². The minimum atomic E-state index is -3.85. The molecule has 156 valence electrons.